The normalized spacial score (nSPS) is 21.3. The summed E-state index contributed by atoms with van der Waals surface area (Å²) in [6, 6.07) is 0. The summed E-state index contributed by atoms with van der Waals surface area (Å²) in [6.45, 7) is 5.41. The fraction of sp³-hybridized carbons (Fsp3) is 0.667. The molecule has 0 aromatic carbocycles. The van der Waals surface area contributed by atoms with Gasteiger partial charge in [-0.1, -0.05) is 0 Å². The van der Waals surface area contributed by atoms with Gasteiger partial charge in [-0.15, -0.1) is 0 Å². The van der Waals surface area contributed by atoms with Crippen LogP contribution in [0, 0.1) is 12.8 Å². The van der Waals surface area contributed by atoms with E-state index in [0.717, 1.165) is 30.2 Å². The lowest BCUT2D eigenvalue weighted by Crippen LogP contribution is -2.17. The van der Waals surface area contributed by atoms with Crippen LogP contribution in [0.5, 0.6) is 0 Å². The number of rotatable bonds is 5. The van der Waals surface area contributed by atoms with Gasteiger partial charge in [0.1, 0.15) is 18.0 Å². The van der Waals surface area contributed by atoms with Crippen molar-refractivity contribution in [1.29, 1.82) is 0 Å². The minimum Gasteiger partial charge on any atom is -0.370 e. The Kier molecular flexibility index (Phi) is 4.24. The zero-order valence-corrected chi connectivity index (χ0v) is 12.1. The quantitative estimate of drug-likeness (QED) is 0.841. The average molecular weight is 284 g/mol. The highest BCUT2D eigenvalue weighted by Crippen LogP contribution is 2.21. The van der Waals surface area contributed by atoms with E-state index in [9.17, 15) is 8.42 Å². The van der Waals surface area contributed by atoms with Crippen molar-refractivity contribution in [2.24, 2.45) is 5.92 Å². The Bertz CT molecular complexity index is 545. The van der Waals surface area contributed by atoms with Crippen molar-refractivity contribution in [3.8, 4) is 0 Å². The highest BCUT2D eigenvalue weighted by atomic mass is 32.2. The maximum absolute atomic E-state index is 11.4. The van der Waals surface area contributed by atoms with Crippen molar-refractivity contribution in [2.45, 2.75) is 20.3 Å². The van der Waals surface area contributed by atoms with Crippen molar-refractivity contribution >= 4 is 21.5 Å². The first kappa shape index (κ1) is 14.0. The molecule has 2 heterocycles. The highest BCUT2D eigenvalue weighted by molar-refractivity contribution is 7.91. The standard InChI is InChI=1S/C12H20N4O2S/c1-3-13-11-9(2)12(16-8-15-11)14-6-10-4-5-19(17,18)7-10/h8,10H,3-7H2,1-2H3,(H2,13,14,15,16). The second kappa shape index (κ2) is 5.73. The fourth-order valence-corrected chi connectivity index (χ4v) is 4.11. The summed E-state index contributed by atoms with van der Waals surface area (Å²) in [6.07, 6.45) is 2.25. The maximum atomic E-state index is 11.4. The van der Waals surface area contributed by atoms with E-state index >= 15 is 0 Å². The minimum atomic E-state index is -2.81. The number of aromatic nitrogens is 2. The number of sulfone groups is 1. The Morgan fingerprint density at radius 1 is 1.32 bits per heavy atom. The number of hydrogen-bond donors (Lipinski definition) is 2. The molecule has 2 N–H and O–H groups in total. The molecule has 1 saturated heterocycles. The van der Waals surface area contributed by atoms with Gasteiger partial charge in [0.2, 0.25) is 0 Å². The summed E-state index contributed by atoms with van der Waals surface area (Å²) in [7, 11) is -2.81. The third-order valence-corrected chi connectivity index (χ3v) is 5.15. The molecule has 0 saturated carbocycles. The predicted molar refractivity (Wildman–Crippen MR) is 76.2 cm³/mol. The highest BCUT2D eigenvalue weighted by Gasteiger charge is 2.27. The van der Waals surface area contributed by atoms with E-state index in [0.29, 0.717) is 12.3 Å². The van der Waals surface area contributed by atoms with Crippen LogP contribution in [0.3, 0.4) is 0 Å². The average Bonchev–Trinajstić information content (AvgIpc) is 2.70. The van der Waals surface area contributed by atoms with Crippen LogP contribution in [0.1, 0.15) is 18.9 Å². The van der Waals surface area contributed by atoms with Crippen LogP contribution < -0.4 is 10.6 Å². The molecular weight excluding hydrogens is 264 g/mol. The van der Waals surface area contributed by atoms with E-state index < -0.39 is 9.84 Å². The predicted octanol–water partition coefficient (Wildman–Crippen LogP) is 1.06. The van der Waals surface area contributed by atoms with Gasteiger partial charge < -0.3 is 10.6 Å². The molecule has 7 heteroatoms. The van der Waals surface area contributed by atoms with Crippen LogP contribution in [0.15, 0.2) is 6.33 Å². The van der Waals surface area contributed by atoms with Gasteiger partial charge >= 0.3 is 0 Å². The third-order valence-electron chi connectivity index (χ3n) is 3.31. The summed E-state index contributed by atoms with van der Waals surface area (Å²) < 4.78 is 22.8. The SMILES string of the molecule is CCNc1ncnc(NCC2CCS(=O)(=O)C2)c1C. The van der Waals surface area contributed by atoms with Gasteiger partial charge in [-0.3, -0.25) is 0 Å². The second-order valence-electron chi connectivity index (χ2n) is 4.88. The van der Waals surface area contributed by atoms with Gasteiger partial charge in [-0.25, -0.2) is 18.4 Å². The summed E-state index contributed by atoms with van der Waals surface area (Å²) in [5, 5.41) is 6.41. The maximum Gasteiger partial charge on any atom is 0.150 e. The van der Waals surface area contributed by atoms with Gasteiger partial charge in [0.05, 0.1) is 11.5 Å². The molecule has 1 atom stereocenters. The zero-order valence-electron chi connectivity index (χ0n) is 11.3. The molecule has 0 radical (unpaired) electrons. The number of anilines is 2. The van der Waals surface area contributed by atoms with Crippen LogP contribution in [0.2, 0.25) is 0 Å². The van der Waals surface area contributed by atoms with Gasteiger partial charge in [0.15, 0.2) is 9.84 Å². The van der Waals surface area contributed by atoms with Crippen molar-refractivity contribution in [2.75, 3.05) is 35.2 Å². The third kappa shape index (κ3) is 3.56. The van der Waals surface area contributed by atoms with Crippen molar-refractivity contribution in [1.82, 2.24) is 9.97 Å². The fourth-order valence-electron chi connectivity index (χ4n) is 2.25. The van der Waals surface area contributed by atoms with Crippen molar-refractivity contribution in [3.63, 3.8) is 0 Å². The minimum absolute atomic E-state index is 0.182. The number of hydrogen-bond acceptors (Lipinski definition) is 6. The molecule has 0 spiro atoms. The lowest BCUT2D eigenvalue weighted by atomic mass is 10.1. The Morgan fingerprint density at radius 2 is 2.00 bits per heavy atom. The molecule has 1 fully saturated rings. The Hall–Kier alpha value is -1.37. The first-order valence-electron chi connectivity index (χ1n) is 6.51. The Balaban J connectivity index is 1.98. The van der Waals surface area contributed by atoms with E-state index in [4.69, 9.17) is 0 Å². The lowest BCUT2D eigenvalue weighted by Gasteiger charge is -2.14. The summed E-state index contributed by atoms with van der Waals surface area (Å²) in [4.78, 5) is 8.38. The molecule has 1 aromatic heterocycles. The van der Waals surface area contributed by atoms with Crippen LogP contribution >= 0.6 is 0 Å². The molecule has 1 aromatic rings. The zero-order chi connectivity index (χ0) is 13.9. The Morgan fingerprint density at radius 3 is 2.58 bits per heavy atom. The first-order valence-corrected chi connectivity index (χ1v) is 8.33. The smallest absolute Gasteiger partial charge is 0.150 e. The lowest BCUT2D eigenvalue weighted by molar-refractivity contribution is 0.595. The van der Waals surface area contributed by atoms with Crippen molar-refractivity contribution < 1.29 is 8.42 Å². The van der Waals surface area contributed by atoms with Crippen LogP contribution in [0.4, 0.5) is 11.6 Å². The summed E-state index contributed by atoms with van der Waals surface area (Å²) in [5.41, 5.74) is 0.963. The molecule has 0 aliphatic carbocycles. The molecule has 0 amide bonds. The van der Waals surface area contributed by atoms with E-state index in [1.54, 1.807) is 0 Å². The molecule has 106 valence electrons. The molecule has 1 unspecified atom stereocenters. The number of nitrogens with zero attached hydrogens (tertiary/aromatic N) is 2. The molecule has 1 aliphatic heterocycles. The van der Waals surface area contributed by atoms with Gasteiger partial charge in [-0.05, 0) is 26.2 Å². The molecule has 0 bridgehead atoms. The largest absolute Gasteiger partial charge is 0.370 e. The Labute approximate surface area is 114 Å². The molecular formula is C12H20N4O2S. The molecule has 1 aliphatic rings. The van der Waals surface area contributed by atoms with E-state index in [1.807, 2.05) is 13.8 Å². The second-order valence-corrected chi connectivity index (χ2v) is 7.10. The molecule has 2 rings (SSSR count). The molecule has 6 nitrogen and oxygen atoms in total. The van der Waals surface area contributed by atoms with Gasteiger partial charge in [0, 0.05) is 18.7 Å². The van der Waals surface area contributed by atoms with Crippen LogP contribution in [0.25, 0.3) is 0 Å². The van der Waals surface area contributed by atoms with E-state index in [2.05, 4.69) is 20.6 Å². The number of nitrogens with one attached hydrogen (secondary N) is 2. The van der Waals surface area contributed by atoms with Crippen LogP contribution in [-0.2, 0) is 9.84 Å². The van der Waals surface area contributed by atoms with Crippen LogP contribution in [-0.4, -0.2) is 43.0 Å². The van der Waals surface area contributed by atoms with E-state index in [1.165, 1.54) is 6.33 Å². The topological polar surface area (TPSA) is 84.0 Å². The summed E-state index contributed by atoms with van der Waals surface area (Å²) >= 11 is 0. The monoisotopic (exact) mass is 284 g/mol. The van der Waals surface area contributed by atoms with E-state index in [-0.39, 0.29) is 11.7 Å². The van der Waals surface area contributed by atoms with Gasteiger partial charge in [-0.2, -0.15) is 0 Å². The summed E-state index contributed by atoms with van der Waals surface area (Å²) in [5.74, 6) is 2.37. The van der Waals surface area contributed by atoms with Crippen molar-refractivity contribution in [3.05, 3.63) is 11.9 Å². The molecule has 19 heavy (non-hydrogen) atoms. The van der Waals surface area contributed by atoms with Gasteiger partial charge in [0.25, 0.3) is 0 Å². The first-order chi connectivity index (χ1) is 9.02.